The van der Waals surface area contributed by atoms with Crippen molar-refractivity contribution in [2.75, 3.05) is 0 Å². The summed E-state index contributed by atoms with van der Waals surface area (Å²) >= 11 is 0. The van der Waals surface area contributed by atoms with Gasteiger partial charge in [-0.25, -0.2) is 0 Å². The standard InChI is InChI=1S/C27H48O/c1-4-7-10-13-16-19-24-22-25(20-17-14-11-8-5-2)27(28)26(23-24)21-18-15-12-9-6-3/h22-23,28H,4-21H2,1-3H3. The van der Waals surface area contributed by atoms with Crippen LogP contribution in [0.15, 0.2) is 12.1 Å². The third kappa shape index (κ3) is 11.1. The molecule has 1 nitrogen and oxygen atoms in total. The molecule has 1 heteroatoms. The van der Waals surface area contributed by atoms with Crippen LogP contribution in [0, 0.1) is 0 Å². The highest BCUT2D eigenvalue weighted by atomic mass is 16.3. The quantitative estimate of drug-likeness (QED) is 0.249. The molecule has 0 unspecified atom stereocenters. The number of hydrogen-bond acceptors (Lipinski definition) is 1. The fourth-order valence-corrected chi connectivity index (χ4v) is 4.13. The van der Waals surface area contributed by atoms with Crippen molar-refractivity contribution in [1.29, 1.82) is 0 Å². The molecular weight excluding hydrogens is 340 g/mol. The summed E-state index contributed by atoms with van der Waals surface area (Å²) in [6.07, 6.45) is 22.9. The van der Waals surface area contributed by atoms with Crippen molar-refractivity contribution >= 4 is 0 Å². The van der Waals surface area contributed by atoms with Crippen LogP contribution in [0.3, 0.4) is 0 Å². The number of hydrogen-bond donors (Lipinski definition) is 1. The molecular formula is C27H48O. The van der Waals surface area contributed by atoms with E-state index >= 15 is 0 Å². The van der Waals surface area contributed by atoms with Crippen molar-refractivity contribution in [3.05, 3.63) is 28.8 Å². The molecule has 0 amide bonds. The maximum absolute atomic E-state index is 10.9. The van der Waals surface area contributed by atoms with Gasteiger partial charge in [-0.05, 0) is 55.2 Å². The normalized spacial score (nSPS) is 11.2. The van der Waals surface area contributed by atoms with E-state index in [2.05, 4.69) is 32.9 Å². The minimum atomic E-state index is 0.612. The lowest BCUT2D eigenvalue weighted by molar-refractivity contribution is 0.456. The molecule has 0 bridgehead atoms. The topological polar surface area (TPSA) is 20.2 Å². The van der Waals surface area contributed by atoms with Crippen molar-refractivity contribution < 1.29 is 5.11 Å². The monoisotopic (exact) mass is 388 g/mol. The third-order valence-corrected chi connectivity index (χ3v) is 6.00. The highest BCUT2D eigenvalue weighted by Gasteiger charge is 2.10. The minimum Gasteiger partial charge on any atom is -0.507 e. The Balaban J connectivity index is 2.65. The molecule has 0 spiro atoms. The second-order valence-corrected chi connectivity index (χ2v) is 8.76. The third-order valence-electron chi connectivity index (χ3n) is 6.00. The van der Waals surface area contributed by atoms with E-state index in [4.69, 9.17) is 0 Å². The molecule has 0 saturated heterocycles. The van der Waals surface area contributed by atoms with E-state index in [-0.39, 0.29) is 0 Å². The van der Waals surface area contributed by atoms with Gasteiger partial charge in [0.15, 0.2) is 0 Å². The van der Waals surface area contributed by atoms with Gasteiger partial charge in [0.25, 0.3) is 0 Å². The molecule has 0 aromatic heterocycles. The van der Waals surface area contributed by atoms with Gasteiger partial charge in [0, 0.05) is 0 Å². The summed E-state index contributed by atoms with van der Waals surface area (Å²) in [5.74, 6) is 0.612. The van der Waals surface area contributed by atoms with Crippen LogP contribution in [0.2, 0.25) is 0 Å². The first kappa shape index (κ1) is 25.1. The van der Waals surface area contributed by atoms with Gasteiger partial charge in [-0.1, -0.05) is 110 Å². The molecule has 0 atom stereocenters. The van der Waals surface area contributed by atoms with Gasteiger partial charge in [0.1, 0.15) is 5.75 Å². The van der Waals surface area contributed by atoms with Gasteiger partial charge in [0.2, 0.25) is 0 Å². The summed E-state index contributed by atoms with van der Waals surface area (Å²) in [5.41, 5.74) is 3.89. The molecule has 0 fully saturated rings. The number of rotatable bonds is 18. The van der Waals surface area contributed by atoms with E-state index in [1.165, 1.54) is 119 Å². The molecule has 1 N–H and O–H groups in total. The molecule has 0 heterocycles. The lowest BCUT2D eigenvalue weighted by atomic mass is 9.94. The average molecular weight is 389 g/mol. The Kier molecular flexibility index (Phi) is 15.1. The molecule has 1 aromatic carbocycles. The maximum Gasteiger partial charge on any atom is 0.121 e. The van der Waals surface area contributed by atoms with Crippen LogP contribution in [0.1, 0.15) is 134 Å². The molecule has 28 heavy (non-hydrogen) atoms. The molecule has 0 aliphatic heterocycles. The highest BCUT2D eigenvalue weighted by molar-refractivity contribution is 5.44. The predicted molar refractivity (Wildman–Crippen MR) is 125 cm³/mol. The predicted octanol–water partition coefficient (Wildman–Crippen LogP) is 8.93. The molecule has 0 aliphatic rings. The maximum atomic E-state index is 10.9. The first-order chi connectivity index (χ1) is 13.7. The van der Waals surface area contributed by atoms with Crippen LogP contribution in [0.25, 0.3) is 0 Å². The molecule has 1 rings (SSSR count). The van der Waals surface area contributed by atoms with Gasteiger partial charge in [-0.3, -0.25) is 0 Å². The van der Waals surface area contributed by atoms with Gasteiger partial charge < -0.3 is 5.11 Å². The summed E-state index contributed by atoms with van der Waals surface area (Å²) < 4.78 is 0. The van der Waals surface area contributed by atoms with Crippen molar-refractivity contribution in [1.82, 2.24) is 0 Å². The summed E-state index contributed by atoms with van der Waals surface area (Å²) in [7, 11) is 0. The van der Waals surface area contributed by atoms with Gasteiger partial charge in [0.05, 0.1) is 0 Å². The van der Waals surface area contributed by atoms with Crippen LogP contribution < -0.4 is 0 Å². The Hall–Kier alpha value is -0.980. The number of phenolic OH excluding ortho intramolecular Hbond substituents is 1. The largest absolute Gasteiger partial charge is 0.507 e. The van der Waals surface area contributed by atoms with Crippen molar-refractivity contribution in [3.63, 3.8) is 0 Å². The molecule has 0 radical (unpaired) electrons. The Morgan fingerprint density at radius 1 is 0.500 bits per heavy atom. The Morgan fingerprint density at radius 3 is 1.25 bits per heavy atom. The second-order valence-electron chi connectivity index (χ2n) is 8.76. The number of benzene rings is 1. The van der Waals surface area contributed by atoms with E-state index in [1.807, 2.05) is 0 Å². The molecule has 0 saturated carbocycles. The number of aryl methyl sites for hydroxylation is 3. The number of aromatic hydroxyl groups is 1. The fourth-order valence-electron chi connectivity index (χ4n) is 4.13. The highest BCUT2D eigenvalue weighted by Crippen LogP contribution is 2.29. The number of unbranched alkanes of at least 4 members (excludes halogenated alkanes) is 12. The average Bonchev–Trinajstić information content (AvgIpc) is 2.70. The summed E-state index contributed by atoms with van der Waals surface area (Å²) in [5, 5.41) is 10.9. The van der Waals surface area contributed by atoms with Crippen molar-refractivity contribution in [3.8, 4) is 5.75 Å². The first-order valence-corrected chi connectivity index (χ1v) is 12.6. The fraction of sp³-hybridized carbons (Fsp3) is 0.778. The van der Waals surface area contributed by atoms with Gasteiger partial charge in [-0.15, -0.1) is 0 Å². The number of phenols is 1. The molecule has 0 aliphatic carbocycles. The zero-order valence-corrected chi connectivity index (χ0v) is 19.3. The summed E-state index contributed by atoms with van der Waals surface area (Å²) in [4.78, 5) is 0. The zero-order valence-electron chi connectivity index (χ0n) is 19.3. The van der Waals surface area contributed by atoms with Crippen LogP contribution in [-0.2, 0) is 19.3 Å². The smallest absolute Gasteiger partial charge is 0.121 e. The van der Waals surface area contributed by atoms with E-state index in [1.54, 1.807) is 0 Å². The van der Waals surface area contributed by atoms with E-state index in [0.29, 0.717) is 5.75 Å². The molecule has 1 aromatic rings. The SMILES string of the molecule is CCCCCCCc1cc(CCCCCCC)c(O)c(CCCCCCC)c1. The minimum absolute atomic E-state index is 0.612. The Morgan fingerprint density at radius 2 is 0.857 bits per heavy atom. The first-order valence-electron chi connectivity index (χ1n) is 12.6. The van der Waals surface area contributed by atoms with E-state index < -0.39 is 0 Å². The molecule has 162 valence electrons. The van der Waals surface area contributed by atoms with Crippen LogP contribution in [0.5, 0.6) is 5.75 Å². The lowest BCUT2D eigenvalue weighted by Gasteiger charge is -2.14. The van der Waals surface area contributed by atoms with Crippen LogP contribution in [0.4, 0.5) is 0 Å². The second kappa shape index (κ2) is 16.9. The van der Waals surface area contributed by atoms with Crippen molar-refractivity contribution in [2.45, 2.75) is 136 Å². The summed E-state index contributed by atoms with van der Waals surface area (Å²) in [6.45, 7) is 6.81. The lowest BCUT2D eigenvalue weighted by Crippen LogP contribution is -1.98. The Labute approximate surface area is 176 Å². The van der Waals surface area contributed by atoms with Gasteiger partial charge >= 0.3 is 0 Å². The van der Waals surface area contributed by atoms with E-state index in [0.717, 1.165) is 12.8 Å². The summed E-state index contributed by atoms with van der Waals surface area (Å²) in [6, 6.07) is 4.63. The van der Waals surface area contributed by atoms with Crippen molar-refractivity contribution in [2.24, 2.45) is 0 Å². The van der Waals surface area contributed by atoms with Crippen LogP contribution in [-0.4, -0.2) is 5.11 Å². The van der Waals surface area contributed by atoms with Crippen LogP contribution >= 0.6 is 0 Å². The van der Waals surface area contributed by atoms with Gasteiger partial charge in [-0.2, -0.15) is 0 Å². The van der Waals surface area contributed by atoms with E-state index in [9.17, 15) is 5.11 Å². The zero-order chi connectivity index (χ0) is 20.5. The Bertz CT molecular complexity index is 456.